The Balaban J connectivity index is 0.000000122. The van der Waals surface area contributed by atoms with Gasteiger partial charge in [0, 0.05) is 118 Å². The van der Waals surface area contributed by atoms with Crippen molar-refractivity contribution in [1.82, 2.24) is 13.7 Å². The molecule has 0 radical (unpaired) electrons. The van der Waals surface area contributed by atoms with Crippen LogP contribution in [0.4, 0.5) is 99.5 Å². The van der Waals surface area contributed by atoms with Gasteiger partial charge in [-0.2, -0.15) is 0 Å². The fourth-order valence-corrected chi connectivity index (χ4v) is 21.0. The molecular formula is C129H81F11N6S. The van der Waals surface area contributed by atoms with E-state index in [1.807, 2.05) is 177 Å². The molecule has 0 unspecified atom stereocenters. The SMILES string of the molecule is Cc1ccc2c(c1)c1cc(-c3ccc(N(c4c(F)cc(F)cc4F)c4c(F)cc(F)cc4F)cc3)ccc1n2-c1ccccc1.Fc1ccc(N(c2ccc(-c3ccc4c(c3)c3cc(-c5cc6ccccc6s5)ccc3n4-c3ccccc3)cc2)c2cc(F)cc(F)c2)cc1.Fc1cccc(F)c1N(c1ccc(-c2ccc3c(c2)c2cc(-c4ccccc4)ccc2n3-c2ccccc2)cc1)c1ccccc1-c1ccccc1. The molecule has 0 amide bonds. The van der Waals surface area contributed by atoms with Crippen LogP contribution in [0.2, 0.25) is 0 Å². The molecule has 0 bridgehead atoms. The number of para-hydroxylation sites is 5. The molecule has 0 saturated carbocycles. The molecule has 0 fully saturated rings. The molecule has 0 N–H and O–H groups in total. The van der Waals surface area contributed by atoms with E-state index in [2.05, 4.69) is 208 Å². The molecule has 4 heterocycles. The number of benzene rings is 21. The number of halogens is 11. The van der Waals surface area contributed by atoms with Gasteiger partial charge in [0.25, 0.3) is 0 Å². The zero-order chi connectivity index (χ0) is 100. The van der Waals surface area contributed by atoms with Crippen LogP contribution in [0, 0.1) is 70.9 Å². The summed E-state index contributed by atoms with van der Waals surface area (Å²) in [6.07, 6.45) is 0. The molecule has 0 atom stereocenters. The van der Waals surface area contributed by atoms with Crippen LogP contribution in [0.1, 0.15) is 5.56 Å². The van der Waals surface area contributed by atoms with Gasteiger partial charge in [-0.1, -0.05) is 236 Å². The van der Waals surface area contributed by atoms with Gasteiger partial charge in [-0.3, -0.25) is 4.90 Å². The van der Waals surface area contributed by atoms with Gasteiger partial charge >= 0.3 is 0 Å². The molecule has 25 aromatic rings. The Morgan fingerprint density at radius 2 is 0.510 bits per heavy atom. The lowest BCUT2D eigenvalue weighted by molar-refractivity contribution is 0.535. The smallest absolute Gasteiger partial charge is 0.153 e. The zero-order valence-electron chi connectivity index (χ0n) is 78.3. The maximum absolute atomic E-state index is 15.6. The summed E-state index contributed by atoms with van der Waals surface area (Å²) in [6.45, 7) is 2.03. The molecule has 21 aromatic carbocycles. The number of anilines is 9. The van der Waals surface area contributed by atoms with Gasteiger partial charge < -0.3 is 23.5 Å². The predicted octanol–water partition coefficient (Wildman–Crippen LogP) is 37.8. The Kier molecular flexibility index (Phi) is 24.6. The maximum atomic E-state index is 15.6. The second-order valence-electron chi connectivity index (χ2n) is 35.8. The number of fused-ring (bicyclic) bond motifs is 10. The van der Waals surface area contributed by atoms with Crippen LogP contribution >= 0.6 is 11.3 Å². The van der Waals surface area contributed by atoms with Crippen LogP contribution in [0.25, 0.3) is 159 Å². The van der Waals surface area contributed by atoms with Gasteiger partial charge in [-0.15, -0.1) is 11.3 Å². The fraction of sp³-hybridized carbons (Fsp3) is 0.00775. The van der Waals surface area contributed by atoms with Gasteiger partial charge in [-0.25, -0.2) is 48.3 Å². The van der Waals surface area contributed by atoms with Gasteiger partial charge in [0.05, 0.1) is 44.5 Å². The van der Waals surface area contributed by atoms with E-state index < -0.39 is 75.4 Å². The minimum atomic E-state index is -1.39. The van der Waals surface area contributed by atoms with E-state index in [1.54, 1.807) is 45.4 Å². The molecule has 4 aromatic heterocycles. The molecule has 0 aliphatic rings. The average molecular weight is 1960 g/mol. The molecule has 6 nitrogen and oxygen atoms in total. The van der Waals surface area contributed by atoms with Crippen molar-refractivity contribution in [3.8, 4) is 83.1 Å². The number of hydrogen-bond donors (Lipinski definition) is 0. The van der Waals surface area contributed by atoms with Gasteiger partial charge in [-0.05, 0) is 280 Å². The van der Waals surface area contributed by atoms with E-state index in [9.17, 15) is 22.0 Å². The highest BCUT2D eigenvalue weighted by Gasteiger charge is 2.31. The Bertz CT molecular complexity index is 9130. The van der Waals surface area contributed by atoms with Gasteiger partial charge in [0.2, 0.25) is 0 Å². The van der Waals surface area contributed by atoms with Crippen molar-refractivity contribution < 1.29 is 48.3 Å². The number of rotatable bonds is 18. The summed E-state index contributed by atoms with van der Waals surface area (Å²) in [5, 5.41) is 7.91. The van der Waals surface area contributed by atoms with Crippen LogP contribution in [-0.4, -0.2) is 13.7 Å². The Morgan fingerprint density at radius 3 is 0.932 bits per heavy atom. The predicted molar refractivity (Wildman–Crippen MR) is 579 cm³/mol. The van der Waals surface area contributed by atoms with Crippen molar-refractivity contribution in [1.29, 1.82) is 0 Å². The van der Waals surface area contributed by atoms with E-state index in [0.29, 0.717) is 63.2 Å². The molecule has 147 heavy (non-hydrogen) atoms. The summed E-state index contributed by atoms with van der Waals surface area (Å²) < 4.78 is 169. The van der Waals surface area contributed by atoms with Crippen LogP contribution in [0.5, 0.6) is 0 Å². The standard InChI is InChI=1S/C48H32F2N2.C44H27F3N2S.C37H22F6N2/c49-43-20-12-21-44(50)48(43)52(45-22-11-10-19-40(45)35-15-6-2-7-16-35)39-27-23-34(24-28-39)37-26-30-47-42(32-37)41-31-36(33-13-4-1-5-14-33)25-29-46(41)51(47)38-17-8-3-9-18-38;45-32-14-18-37(19-15-32)48(38-26-33(46)25-34(47)27-38)36-16-10-28(11-17-36)29-12-20-41-39(22-29)40-23-31(44-24-30-6-4-5-9-43(30)50-44)13-21-42(40)49(41)35-7-2-1-3-8-35;1-21-7-13-34-28(15-21)29-16-23(10-14-35(29)44(34)26-5-3-2-4-6-26)22-8-11-27(12-9-22)45(36-30(40)17-24(38)18-31(36)41)37-32(42)19-25(39)20-33(37)43/h1-32H;1-27H;2-20H,1H3. The molecule has 18 heteroatoms. The van der Waals surface area contributed by atoms with Crippen molar-refractivity contribution >= 4 is 138 Å². The fourth-order valence-electron chi connectivity index (χ4n) is 20.0. The lowest BCUT2D eigenvalue weighted by atomic mass is 9.99. The molecular weight excluding hydrogens is 1870 g/mol. The molecule has 0 aliphatic carbocycles. The maximum Gasteiger partial charge on any atom is 0.153 e. The highest BCUT2D eigenvalue weighted by atomic mass is 32.1. The van der Waals surface area contributed by atoms with E-state index in [-0.39, 0.29) is 11.4 Å². The largest absolute Gasteiger partial charge is 0.310 e. The Morgan fingerprint density at radius 1 is 0.197 bits per heavy atom. The Labute approximate surface area is 842 Å². The first-order chi connectivity index (χ1) is 71.8. The normalized spacial score (nSPS) is 11.4. The van der Waals surface area contributed by atoms with Crippen LogP contribution in [-0.2, 0) is 0 Å². The third-order valence-electron chi connectivity index (χ3n) is 26.7. The van der Waals surface area contributed by atoms with Crippen LogP contribution in [0.3, 0.4) is 0 Å². The zero-order valence-corrected chi connectivity index (χ0v) is 79.1. The van der Waals surface area contributed by atoms with Crippen molar-refractivity contribution in [2.24, 2.45) is 0 Å². The Hall–Kier alpha value is -18.4. The first kappa shape index (κ1) is 92.3. The second-order valence-corrected chi connectivity index (χ2v) is 36.9. The van der Waals surface area contributed by atoms with E-state index in [4.69, 9.17) is 0 Å². The monoisotopic (exact) mass is 1950 g/mol. The van der Waals surface area contributed by atoms with Gasteiger partial charge in [0.1, 0.15) is 57.8 Å². The van der Waals surface area contributed by atoms with E-state index in [0.717, 1.165) is 139 Å². The van der Waals surface area contributed by atoms with Crippen molar-refractivity contribution in [2.75, 3.05) is 14.7 Å². The summed E-state index contributed by atoms with van der Waals surface area (Å²) in [5.41, 5.74) is 22.6. The number of hydrogen-bond acceptors (Lipinski definition) is 4. The number of thiophene rings is 1. The summed E-state index contributed by atoms with van der Waals surface area (Å²) in [4.78, 5) is 5.25. The topological polar surface area (TPSA) is 24.5 Å². The number of nitrogens with zero attached hydrogens (tertiary/aromatic N) is 6. The summed E-state index contributed by atoms with van der Waals surface area (Å²) >= 11 is 1.80. The molecule has 0 saturated heterocycles. The van der Waals surface area contributed by atoms with Gasteiger partial charge in [0.15, 0.2) is 23.3 Å². The lowest BCUT2D eigenvalue weighted by Crippen LogP contribution is -2.17. The van der Waals surface area contributed by atoms with Crippen molar-refractivity contribution in [3.05, 3.63) is 543 Å². The van der Waals surface area contributed by atoms with Crippen molar-refractivity contribution in [2.45, 2.75) is 6.92 Å². The lowest BCUT2D eigenvalue weighted by Gasteiger charge is -2.28. The number of aromatic nitrogens is 3. The van der Waals surface area contributed by atoms with E-state index >= 15 is 26.3 Å². The molecule has 0 aliphatic heterocycles. The number of aryl methyl sites for hydroxylation is 1. The highest BCUT2D eigenvalue weighted by molar-refractivity contribution is 7.22. The third kappa shape index (κ3) is 17.9. The first-order valence-electron chi connectivity index (χ1n) is 47.5. The van der Waals surface area contributed by atoms with Crippen LogP contribution < -0.4 is 14.7 Å². The minimum Gasteiger partial charge on any atom is -0.310 e. The minimum absolute atomic E-state index is 0.0371. The quantitative estimate of drug-likeness (QED) is 0.0801. The van der Waals surface area contributed by atoms with Crippen LogP contribution in [0.15, 0.2) is 473 Å². The first-order valence-corrected chi connectivity index (χ1v) is 48.4. The summed E-state index contributed by atoms with van der Waals surface area (Å²) in [5.74, 6) is -11.0. The third-order valence-corrected chi connectivity index (χ3v) is 27.8. The molecule has 710 valence electrons. The second kappa shape index (κ2) is 39.1. The summed E-state index contributed by atoms with van der Waals surface area (Å²) in [6, 6.07) is 145. The molecule has 0 spiro atoms. The highest BCUT2D eigenvalue weighted by Crippen LogP contribution is 2.50. The molecule has 25 rings (SSSR count). The van der Waals surface area contributed by atoms with E-state index in [1.165, 1.54) is 80.7 Å². The van der Waals surface area contributed by atoms with Crippen molar-refractivity contribution in [3.63, 3.8) is 0 Å². The average Bonchev–Trinajstić information content (AvgIpc) is 1.59. The summed E-state index contributed by atoms with van der Waals surface area (Å²) in [7, 11) is 0.